The van der Waals surface area contributed by atoms with E-state index in [9.17, 15) is 9.59 Å². The molecule has 1 saturated heterocycles. The van der Waals surface area contributed by atoms with E-state index in [-0.39, 0.29) is 18.5 Å². The molecular formula is C22H26N4O3. The highest BCUT2D eigenvalue weighted by molar-refractivity contribution is 5.99. The number of benzene rings is 2. The van der Waals surface area contributed by atoms with Gasteiger partial charge in [-0.05, 0) is 55.5 Å². The van der Waals surface area contributed by atoms with Crippen LogP contribution in [0.4, 0.5) is 21.9 Å². The van der Waals surface area contributed by atoms with E-state index in [1.807, 2.05) is 0 Å². The topological polar surface area (TPSA) is 82.7 Å². The summed E-state index contributed by atoms with van der Waals surface area (Å²) in [6.07, 6.45) is 3.69. The molecule has 29 heavy (non-hydrogen) atoms. The third-order valence-electron chi connectivity index (χ3n) is 5.26. The molecule has 1 fully saturated rings. The Morgan fingerprint density at radius 2 is 2.00 bits per heavy atom. The minimum Gasteiger partial charge on any atom is -0.479 e. The maximum atomic E-state index is 12.5. The molecular weight excluding hydrogens is 368 g/mol. The average molecular weight is 394 g/mol. The Kier molecular flexibility index (Phi) is 5.55. The lowest BCUT2D eigenvalue weighted by Crippen LogP contribution is -2.33. The Bertz CT molecular complexity index is 922. The summed E-state index contributed by atoms with van der Waals surface area (Å²) in [6, 6.07) is 11.3. The Hall–Kier alpha value is -3.22. The molecule has 2 aromatic rings. The summed E-state index contributed by atoms with van der Waals surface area (Å²) in [5.41, 5.74) is 4.61. The number of anilines is 3. The molecule has 0 atom stereocenters. The van der Waals surface area contributed by atoms with Crippen molar-refractivity contribution in [2.45, 2.75) is 32.7 Å². The lowest BCUT2D eigenvalue weighted by molar-refractivity contribution is -0.118. The highest BCUT2D eigenvalue weighted by Crippen LogP contribution is 2.35. The molecule has 0 saturated carbocycles. The van der Waals surface area contributed by atoms with Crippen LogP contribution in [0.25, 0.3) is 0 Å². The first-order valence-electron chi connectivity index (χ1n) is 10.0. The normalized spacial score (nSPS) is 15.8. The molecule has 2 aromatic carbocycles. The van der Waals surface area contributed by atoms with E-state index in [4.69, 9.17) is 4.74 Å². The fourth-order valence-corrected chi connectivity index (χ4v) is 3.81. The van der Waals surface area contributed by atoms with E-state index in [0.29, 0.717) is 23.7 Å². The molecule has 0 radical (unpaired) electrons. The van der Waals surface area contributed by atoms with Crippen molar-refractivity contribution in [3.05, 3.63) is 47.5 Å². The average Bonchev–Trinajstić information content (AvgIpc) is 2.73. The SMILES string of the molecule is Cc1ccc(CNC(=O)Nc2cccc3c2OCC(=O)N3)c(N2CCCCC2)c1. The number of hydrogen-bond acceptors (Lipinski definition) is 4. The first-order chi connectivity index (χ1) is 14.1. The smallest absolute Gasteiger partial charge is 0.319 e. The minimum absolute atomic E-state index is 0.0596. The second-order valence-corrected chi connectivity index (χ2v) is 7.51. The standard InChI is InChI=1S/C22H26N4O3/c1-15-8-9-16(19(12-15)26-10-3-2-4-11-26)13-23-22(28)25-18-7-5-6-17-21(18)29-14-20(27)24-17/h5-9,12H,2-4,10-11,13-14H2,1H3,(H,24,27)(H2,23,25,28). The van der Waals surface area contributed by atoms with Crippen LogP contribution in [-0.4, -0.2) is 31.6 Å². The minimum atomic E-state index is -0.316. The number of hydrogen-bond donors (Lipinski definition) is 3. The van der Waals surface area contributed by atoms with Crippen LogP contribution < -0.4 is 25.6 Å². The maximum absolute atomic E-state index is 12.5. The number of rotatable bonds is 4. The van der Waals surface area contributed by atoms with Gasteiger partial charge in [0.25, 0.3) is 5.91 Å². The number of piperidine rings is 1. The Morgan fingerprint density at radius 3 is 2.83 bits per heavy atom. The van der Waals surface area contributed by atoms with Gasteiger partial charge in [-0.25, -0.2) is 4.79 Å². The summed E-state index contributed by atoms with van der Waals surface area (Å²) in [4.78, 5) is 26.4. The van der Waals surface area contributed by atoms with Crippen molar-refractivity contribution in [2.24, 2.45) is 0 Å². The van der Waals surface area contributed by atoms with E-state index in [1.165, 1.54) is 30.5 Å². The lowest BCUT2D eigenvalue weighted by Gasteiger charge is -2.31. The molecule has 0 bridgehead atoms. The summed E-state index contributed by atoms with van der Waals surface area (Å²) >= 11 is 0. The van der Waals surface area contributed by atoms with Crippen molar-refractivity contribution >= 4 is 29.0 Å². The quantitative estimate of drug-likeness (QED) is 0.739. The van der Waals surface area contributed by atoms with Crippen molar-refractivity contribution in [2.75, 3.05) is 35.2 Å². The molecule has 2 aliphatic rings. The van der Waals surface area contributed by atoms with E-state index in [2.05, 4.69) is 46.0 Å². The van der Waals surface area contributed by atoms with Crippen molar-refractivity contribution in [3.63, 3.8) is 0 Å². The monoisotopic (exact) mass is 394 g/mol. The third kappa shape index (κ3) is 4.45. The van der Waals surface area contributed by atoms with Gasteiger partial charge in [0.2, 0.25) is 0 Å². The highest BCUT2D eigenvalue weighted by Gasteiger charge is 2.20. The fourth-order valence-electron chi connectivity index (χ4n) is 3.81. The molecule has 3 N–H and O–H groups in total. The number of para-hydroxylation sites is 1. The fraction of sp³-hybridized carbons (Fsp3) is 0.364. The zero-order valence-electron chi connectivity index (χ0n) is 16.6. The van der Waals surface area contributed by atoms with Crippen LogP contribution in [0, 0.1) is 6.92 Å². The Labute approximate surface area is 170 Å². The molecule has 4 rings (SSSR count). The van der Waals surface area contributed by atoms with Crippen molar-refractivity contribution in [3.8, 4) is 5.75 Å². The van der Waals surface area contributed by atoms with E-state index >= 15 is 0 Å². The van der Waals surface area contributed by atoms with Gasteiger partial charge in [-0.2, -0.15) is 0 Å². The summed E-state index contributed by atoms with van der Waals surface area (Å²) in [7, 11) is 0. The van der Waals surface area contributed by atoms with Crippen LogP contribution >= 0.6 is 0 Å². The number of ether oxygens (including phenoxy) is 1. The lowest BCUT2D eigenvalue weighted by atomic mass is 10.0. The number of urea groups is 1. The molecule has 152 valence electrons. The maximum Gasteiger partial charge on any atom is 0.319 e. The van der Waals surface area contributed by atoms with Gasteiger partial charge in [-0.15, -0.1) is 0 Å². The first-order valence-corrected chi connectivity index (χ1v) is 10.0. The van der Waals surface area contributed by atoms with Crippen LogP contribution in [0.1, 0.15) is 30.4 Å². The van der Waals surface area contributed by atoms with Gasteiger partial charge in [0.05, 0.1) is 11.4 Å². The summed E-state index contributed by atoms with van der Waals surface area (Å²) in [5.74, 6) is 0.273. The second kappa shape index (κ2) is 8.43. The molecule has 0 aromatic heterocycles. The molecule has 7 heteroatoms. The van der Waals surface area contributed by atoms with Gasteiger partial charge in [0.1, 0.15) is 0 Å². The van der Waals surface area contributed by atoms with Gasteiger partial charge >= 0.3 is 6.03 Å². The van der Waals surface area contributed by atoms with Gasteiger partial charge in [-0.3, -0.25) is 4.79 Å². The summed E-state index contributed by atoms with van der Waals surface area (Å²) in [5, 5.41) is 8.51. The second-order valence-electron chi connectivity index (χ2n) is 7.51. The number of fused-ring (bicyclic) bond motifs is 1. The predicted molar refractivity (Wildman–Crippen MR) is 114 cm³/mol. The number of carbonyl (C=O) groups excluding carboxylic acids is 2. The van der Waals surface area contributed by atoms with Crippen LogP contribution in [0.15, 0.2) is 36.4 Å². The number of aryl methyl sites for hydroxylation is 1. The van der Waals surface area contributed by atoms with Crippen molar-refractivity contribution in [1.29, 1.82) is 0 Å². The van der Waals surface area contributed by atoms with Crippen LogP contribution in [0.2, 0.25) is 0 Å². The molecule has 0 aliphatic carbocycles. The van der Waals surface area contributed by atoms with Gasteiger partial charge in [0, 0.05) is 25.3 Å². The van der Waals surface area contributed by atoms with Crippen LogP contribution in [0.3, 0.4) is 0 Å². The summed E-state index contributed by atoms with van der Waals surface area (Å²) in [6.45, 7) is 4.58. The van der Waals surface area contributed by atoms with Crippen molar-refractivity contribution in [1.82, 2.24) is 5.32 Å². The third-order valence-corrected chi connectivity index (χ3v) is 5.26. The molecule has 2 aliphatic heterocycles. The summed E-state index contributed by atoms with van der Waals surface area (Å²) < 4.78 is 5.48. The Balaban J connectivity index is 1.43. The number of nitrogens with zero attached hydrogens (tertiary/aromatic N) is 1. The molecule has 3 amide bonds. The number of nitrogens with one attached hydrogen (secondary N) is 3. The van der Waals surface area contributed by atoms with Crippen molar-refractivity contribution < 1.29 is 14.3 Å². The van der Waals surface area contributed by atoms with Crippen LogP contribution in [0.5, 0.6) is 5.75 Å². The van der Waals surface area contributed by atoms with E-state index in [1.54, 1.807) is 18.2 Å². The molecule has 0 spiro atoms. The van der Waals surface area contributed by atoms with Gasteiger partial charge in [-0.1, -0.05) is 18.2 Å². The number of amides is 3. The molecule has 7 nitrogen and oxygen atoms in total. The zero-order valence-corrected chi connectivity index (χ0v) is 16.6. The zero-order chi connectivity index (χ0) is 20.2. The number of carbonyl (C=O) groups is 2. The highest BCUT2D eigenvalue weighted by atomic mass is 16.5. The van der Waals surface area contributed by atoms with E-state index in [0.717, 1.165) is 18.7 Å². The molecule has 2 heterocycles. The molecule has 0 unspecified atom stereocenters. The van der Waals surface area contributed by atoms with Gasteiger partial charge in [0.15, 0.2) is 12.4 Å². The first kappa shape index (κ1) is 19.1. The van der Waals surface area contributed by atoms with E-state index < -0.39 is 0 Å². The van der Waals surface area contributed by atoms with Gasteiger partial charge < -0.3 is 25.6 Å². The predicted octanol–water partition coefficient (Wildman–Crippen LogP) is 3.64. The largest absolute Gasteiger partial charge is 0.479 e. The Morgan fingerprint density at radius 1 is 1.17 bits per heavy atom. The van der Waals surface area contributed by atoms with Crippen LogP contribution in [-0.2, 0) is 11.3 Å².